The number of nitrogens with two attached hydrogens (primary N) is 1. The molecule has 1 aromatic carbocycles. The molecule has 4 nitrogen and oxygen atoms in total. The Morgan fingerprint density at radius 1 is 1.20 bits per heavy atom. The molecule has 0 saturated heterocycles. The predicted molar refractivity (Wildman–Crippen MR) is 58.4 cm³/mol. The topological polar surface area (TPSA) is 53.7 Å². The van der Waals surface area contributed by atoms with E-state index in [1.807, 2.05) is 18.2 Å². The monoisotopic (exact) mass is 211 g/mol. The Morgan fingerprint density at radius 2 is 1.93 bits per heavy atom. The van der Waals surface area contributed by atoms with Gasteiger partial charge in [-0.15, -0.1) is 0 Å². The fraction of sp³-hybridized carbons (Fsp3) is 0.455. The van der Waals surface area contributed by atoms with Crippen LogP contribution in [0.5, 0.6) is 11.5 Å². The minimum absolute atomic E-state index is 0.147. The zero-order chi connectivity index (χ0) is 11.3. The maximum Gasteiger partial charge on any atom is 0.128 e. The highest BCUT2D eigenvalue weighted by Gasteiger charge is 2.14. The lowest BCUT2D eigenvalue weighted by Crippen LogP contribution is -2.15. The predicted octanol–water partition coefficient (Wildman–Crippen LogP) is 1.35. The Hall–Kier alpha value is -1.26. The van der Waals surface area contributed by atoms with Crippen molar-refractivity contribution in [3.63, 3.8) is 0 Å². The van der Waals surface area contributed by atoms with E-state index in [9.17, 15) is 0 Å². The van der Waals surface area contributed by atoms with Crippen LogP contribution < -0.4 is 15.2 Å². The van der Waals surface area contributed by atoms with Crippen molar-refractivity contribution in [2.24, 2.45) is 5.73 Å². The van der Waals surface area contributed by atoms with Gasteiger partial charge in [-0.1, -0.05) is 0 Å². The normalized spacial score (nSPS) is 12.3. The maximum absolute atomic E-state index is 5.60. The molecule has 0 aliphatic carbocycles. The molecule has 0 radical (unpaired) electrons. The summed E-state index contributed by atoms with van der Waals surface area (Å²) in [6, 6.07) is 5.58. The van der Waals surface area contributed by atoms with Crippen molar-refractivity contribution < 1.29 is 14.2 Å². The Balaban J connectivity index is 3.06. The molecular weight excluding hydrogens is 194 g/mol. The van der Waals surface area contributed by atoms with Crippen LogP contribution in [-0.2, 0) is 4.74 Å². The molecule has 0 aliphatic rings. The van der Waals surface area contributed by atoms with Crippen molar-refractivity contribution in [3.8, 4) is 11.5 Å². The minimum Gasteiger partial charge on any atom is -0.497 e. The highest BCUT2D eigenvalue weighted by atomic mass is 16.5. The summed E-state index contributed by atoms with van der Waals surface area (Å²) in [6.07, 6.45) is -0.147. The number of rotatable bonds is 5. The Labute approximate surface area is 89.9 Å². The third-order valence-electron chi connectivity index (χ3n) is 2.29. The van der Waals surface area contributed by atoms with Crippen LogP contribution in [0.4, 0.5) is 0 Å². The first-order chi connectivity index (χ1) is 7.26. The van der Waals surface area contributed by atoms with Gasteiger partial charge in [0.05, 0.1) is 20.3 Å². The number of benzene rings is 1. The maximum atomic E-state index is 5.60. The van der Waals surface area contributed by atoms with E-state index in [1.165, 1.54) is 0 Å². The molecule has 1 atom stereocenters. The molecule has 0 fully saturated rings. The van der Waals surface area contributed by atoms with Gasteiger partial charge in [0, 0.05) is 25.3 Å². The average molecular weight is 211 g/mol. The van der Waals surface area contributed by atoms with Crippen molar-refractivity contribution in [3.05, 3.63) is 23.8 Å². The van der Waals surface area contributed by atoms with Crippen LogP contribution in [0.25, 0.3) is 0 Å². The second-order valence-electron chi connectivity index (χ2n) is 3.07. The van der Waals surface area contributed by atoms with Crippen molar-refractivity contribution in [2.45, 2.75) is 6.10 Å². The fourth-order valence-electron chi connectivity index (χ4n) is 1.43. The van der Waals surface area contributed by atoms with Crippen LogP contribution in [0.2, 0.25) is 0 Å². The molecule has 1 aromatic rings. The zero-order valence-corrected chi connectivity index (χ0v) is 9.32. The molecule has 0 aromatic heterocycles. The summed E-state index contributed by atoms with van der Waals surface area (Å²) in [7, 11) is 4.86. The van der Waals surface area contributed by atoms with E-state index in [1.54, 1.807) is 21.3 Å². The fourth-order valence-corrected chi connectivity index (χ4v) is 1.43. The molecule has 4 heteroatoms. The van der Waals surface area contributed by atoms with Gasteiger partial charge >= 0.3 is 0 Å². The summed E-state index contributed by atoms with van der Waals surface area (Å²) < 4.78 is 15.6. The van der Waals surface area contributed by atoms with Gasteiger partial charge < -0.3 is 19.9 Å². The first-order valence-electron chi connectivity index (χ1n) is 4.71. The molecule has 0 aliphatic heterocycles. The van der Waals surface area contributed by atoms with Crippen molar-refractivity contribution in [2.75, 3.05) is 27.9 Å². The largest absolute Gasteiger partial charge is 0.497 e. The van der Waals surface area contributed by atoms with Crippen LogP contribution in [0, 0.1) is 0 Å². The summed E-state index contributed by atoms with van der Waals surface area (Å²) in [5.41, 5.74) is 6.53. The minimum atomic E-state index is -0.147. The summed E-state index contributed by atoms with van der Waals surface area (Å²) in [5, 5.41) is 0. The SMILES string of the molecule is COc1ccc(C(CN)OC)c(OC)c1. The Morgan fingerprint density at radius 3 is 2.40 bits per heavy atom. The van der Waals surface area contributed by atoms with Crippen LogP contribution in [0.3, 0.4) is 0 Å². The second kappa shape index (κ2) is 5.58. The van der Waals surface area contributed by atoms with Crippen LogP contribution >= 0.6 is 0 Å². The van der Waals surface area contributed by atoms with E-state index >= 15 is 0 Å². The second-order valence-corrected chi connectivity index (χ2v) is 3.07. The van der Waals surface area contributed by atoms with Gasteiger partial charge in [0.1, 0.15) is 11.5 Å². The highest BCUT2D eigenvalue weighted by molar-refractivity contribution is 5.42. The summed E-state index contributed by atoms with van der Waals surface area (Å²) in [5.74, 6) is 1.48. The molecular formula is C11H17NO3. The summed E-state index contributed by atoms with van der Waals surface area (Å²) in [6.45, 7) is 0.416. The number of ether oxygens (including phenoxy) is 3. The molecule has 0 saturated carbocycles. The lowest BCUT2D eigenvalue weighted by molar-refractivity contribution is 0.108. The molecule has 0 amide bonds. The van der Waals surface area contributed by atoms with Gasteiger partial charge in [-0.05, 0) is 12.1 Å². The van der Waals surface area contributed by atoms with Crippen molar-refractivity contribution >= 4 is 0 Å². The van der Waals surface area contributed by atoms with E-state index in [-0.39, 0.29) is 6.10 Å². The van der Waals surface area contributed by atoms with Crippen molar-refractivity contribution in [1.82, 2.24) is 0 Å². The van der Waals surface area contributed by atoms with Crippen LogP contribution in [0.1, 0.15) is 11.7 Å². The van der Waals surface area contributed by atoms with Crippen LogP contribution in [-0.4, -0.2) is 27.9 Å². The van der Waals surface area contributed by atoms with Gasteiger partial charge in [-0.25, -0.2) is 0 Å². The summed E-state index contributed by atoms with van der Waals surface area (Å²) >= 11 is 0. The molecule has 1 rings (SSSR count). The van der Waals surface area contributed by atoms with Gasteiger partial charge in [-0.3, -0.25) is 0 Å². The standard InChI is InChI=1S/C11H17NO3/c1-13-8-4-5-9(10(6-8)14-2)11(7-12)15-3/h4-6,11H,7,12H2,1-3H3. The molecule has 2 N–H and O–H groups in total. The smallest absolute Gasteiger partial charge is 0.128 e. The van der Waals surface area contributed by atoms with E-state index in [0.29, 0.717) is 6.54 Å². The number of hydrogen-bond acceptors (Lipinski definition) is 4. The first kappa shape index (κ1) is 11.8. The average Bonchev–Trinajstić information content (AvgIpc) is 2.31. The molecule has 0 spiro atoms. The van der Waals surface area contributed by atoms with E-state index in [4.69, 9.17) is 19.9 Å². The van der Waals surface area contributed by atoms with Gasteiger partial charge in [0.15, 0.2) is 0 Å². The lowest BCUT2D eigenvalue weighted by atomic mass is 10.1. The third-order valence-corrected chi connectivity index (χ3v) is 2.29. The molecule has 0 bridgehead atoms. The van der Waals surface area contributed by atoms with E-state index in [2.05, 4.69) is 0 Å². The van der Waals surface area contributed by atoms with E-state index in [0.717, 1.165) is 17.1 Å². The van der Waals surface area contributed by atoms with Gasteiger partial charge in [0.25, 0.3) is 0 Å². The van der Waals surface area contributed by atoms with E-state index < -0.39 is 0 Å². The molecule has 0 heterocycles. The summed E-state index contributed by atoms with van der Waals surface area (Å²) in [4.78, 5) is 0. The number of methoxy groups -OCH3 is 3. The third kappa shape index (κ3) is 2.61. The van der Waals surface area contributed by atoms with Gasteiger partial charge in [0.2, 0.25) is 0 Å². The molecule has 1 unspecified atom stereocenters. The number of hydrogen-bond donors (Lipinski definition) is 1. The highest BCUT2D eigenvalue weighted by Crippen LogP contribution is 2.30. The molecule has 84 valence electrons. The lowest BCUT2D eigenvalue weighted by Gasteiger charge is -2.17. The zero-order valence-electron chi connectivity index (χ0n) is 9.32. The molecule has 15 heavy (non-hydrogen) atoms. The quantitative estimate of drug-likeness (QED) is 0.798. The Bertz CT molecular complexity index is 311. The Kier molecular flexibility index (Phi) is 4.39. The van der Waals surface area contributed by atoms with Crippen molar-refractivity contribution in [1.29, 1.82) is 0 Å². The van der Waals surface area contributed by atoms with Gasteiger partial charge in [-0.2, -0.15) is 0 Å². The first-order valence-corrected chi connectivity index (χ1v) is 4.71. The van der Waals surface area contributed by atoms with Crippen LogP contribution in [0.15, 0.2) is 18.2 Å².